The van der Waals surface area contributed by atoms with Crippen LogP contribution in [0.1, 0.15) is 11.3 Å². The SMILES string of the molecule is Cc1cccn2c(=O)cc(CSc3nc(N)cc(N)n3)nc12. The molecule has 0 bridgehead atoms. The molecule has 4 N–H and O–H groups in total. The summed E-state index contributed by atoms with van der Waals surface area (Å²) in [5.74, 6) is 1.10. The Labute approximate surface area is 130 Å². The van der Waals surface area contributed by atoms with Gasteiger partial charge in [-0.05, 0) is 18.6 Å². The molecule has 8 heteroatoms. The van der Waals surface area contributed by atoms with Crippen LogP contribution in [0.4, 0.5) is 11.6 Å². The first-order valence-electron chi connectivity index (χ1n) is 6.53. The largest absolute Gasteiger partial charge is 0.383 e. The number of thioether (sulfide) groups is 1. The van der Waals surface area contributed by atoms with Crippen LogP contribution in [0.5, 0.6) is 0 Å². The molecule has 112 valence electrons. The molecular weight excluding hydrogens is 300 g/mol. The molecule has 0 saturated carbocycles. The van der Waals surface area contributed by atoms with Gasteiger partial charge < -0.3 is 11.5 Å². The number of nitrogens with zero attached hydrogens (tertiary/aromatic N) is 4. The molecule has 3 heterocycles. The van der Waals surface area contributed by atoms with E-state index in [9.17, 15) is 4.79 Å². The smallest absolute Gasteiger partial charge is 0.258 e. The lowest BCUT2D eigenvalue weighted by Gasteiger charge is -2.06. The third-order valence-corrected chi connectivity index (χ3v) is 3.91. The Balaban J connectivity index is 1.91. The minimum atomic E-state index is -0.114. The summed E-state index contributed by atoms with van der Waals surface area (Å²) in [7, 11) is 0. The number of anilines is 2. The highest BCUT2D eigenvalue weighted by molar-refractivity contribution is 7.98. The molecule has 0 spiro atoms. The summed E-state index contributed by atoms with van der Waals surface area (Å²) in [6.45, 7) is 1.92. The van der Waals surface area contributed by atoms with E-state index < -0.39 is 0 Å². The van der Waals surface area contributed by atoms with E-state index in [0.29, 0.717) is 33.9 Å². The monoisotopic (exact) mass is 314 g/mol. The molecule has 7 nitrogen and oxygen atoms in total. The van der Waals surface area contributed by atoms with Crippen molar-refractivity contribution in [2.24, 2.45) is 0 Å². The molecule has 0 radical (unpaired) electrons. The van der Waals surface area contributed by atoms with Crippen LogP contribution < -0.4 is 17.0 Å². The fourth-order valence-electron chi connectivity index (χ4n) is 2.05. The van der Waals surface area contributed by atoms with Gasteiger partial charge in [-0.1, -0.05) is 17.8 Å². The number of aryl methyl sites for hydroxylation is 1. The van der Waals surface area contributed by atoms with E-state index in [1.165, 1.54) is 28.3 Å². The molecule has 0 aliphatic heterocycles. The highest BCUT2D eigenvalue weighted by Crippen LogP contribution is 2.20. The number of hydrogen-bond donors (Lipinski definition) is 2. The number of nitrogen functional groups attached to an aromatic ring is 2. The van der Waals surface area contributed by atoms with Crippen molar-refractivity contribution in [2.75, 3.05) is 11.5 Å². The fraction of sp³-hybridized carbons (Fsp3) is 0.143. The van der Waals surface area contributed by atoms with Crippen molar-refractivity contribution in [2.45, 2.75) is 17.8 Å². The molecule has 3 aromatic rings. The molecule has 0 amide bonds. The van der Waals surface area contributed by atoms with Crippen molar-refractivity contribution in [3.8, 4) is 0 Å². The van der Waals surface area contributed by atoms with E-state index in [1.807, 2.05) is 19.1 Å². The number of aromatic nitrogens is 4. The molecule has 0 atom stereocenters. The van der Waals surface area contributed by atoms with Gasteiger partial charge in [0.25, 0.3) is 5.56 Å². The van der Waals surface area contributed by atoms with Crippen molar-refractivity contribution in [1.29, 1.82) is 0 Å². The average Bonchev–Trinajstić information content (AvgIpc) is 2.45. The summed E-state index contributed by atoms with van der Waals surface area (Å²) in [6, 6.07) is 6.74. The number of nitrogens with two attached hydrogens (primary N) is 2. The van der Waals surface area contributed by atoms with Crippen LogP contribution in [0, 0.1) is 6.92 Å². The lowest BCUT2D eigenvalue weighted by Crippen LogP contribution is -2.15. The van der Waals surface area contributed by atoms with Gasteiger partial charge in [-0.3, -0.25) is 9.20 Å². The lowest BCUT2D eigenvalue weighted by atomic mass is 10.3. The van der Waals surface area contributed by atoms with Crippen molar-refractivity contribution < 1.29 is 0 Å². The molecule has 0 saturated heterocycles. The first-order chi connectivity index (χ1) is 10.5. The van der Waals surface area contributed by atoms with Gasteiger partial charge in [0.2, 0.25) is 0 Å². The van der Waals surface area contributed by atoms with Crippen molar-refractivity contribution in [3.63, 3.8) is 0 Å². The molecule has 0 aliphatic rings. The van der Waals surface area contributed by atoms with Crippen LogP contribution in [-0.4, -0.2) is 19.4 Å². The summed E-state index contributed by atoms with van der Waals surface area (Å²) in [6.07, 6.45) is 1.70. The van der Waals surface area contributed by atoms with Crippen LogP contribution in [0.2, 0.25) is 0 Å². The maximum atomic E-state index is 12.1. The topological polar surface area (TPSA) is 112 Å². The van der Waals surface area contributed by atoms with E-state index >= 15 is 0 Å². The van der Waals surface area contributed by atoms with Gasteiger partial charge in [0.15, 0.2) is 5.16 Å². The van der Waals surface area contributed by atoms with E-state index in [-0.39, 0.29) is 5.56 Å². The maximum Gasteiger partial charge on any atom is 0.258 e. The highest BCUT2D eigenvalue weighted by Gasteiger charge is 2.07. The van der Waals surface area contributed by atoms with E-state index in [1.54, 1.807) is 6.20 Å². The van der Waals surface area contributed by atoms with Gasteiger partial charge in [0.05, 0.1) is 5.69 Å². The quantitative estimate of drug-likeness (QED) is 0.552. The van der Waals surface area contributed by atoms with Gasteiger partial charge in [-0.15, -0.1) is 0 Å². The molecular formula is C14H14N6OS. The molecule has 22 heavy (non-hydrogen) atoms. The van der Waals surface area contributed by atoms with E-state index in [2.05, 4.69) is 15.0 Å². The summed E-state index contributed by atoms with van der Waals surface area (Å²) < 4.78 is 1.53. The summed E-state index contributed by atoms with van der Waals surface area (Å²) in [5, 5.41) is 0.462. The number of fused-ring (bicyclic) bond motifs is 1. The summed E-state index contributed by atoms with van der Waals surface area (Å²) >= 11 is 1.33. The van der Waals surface area contributed by atoms with Crippen LogP contribution >= 0.6 is 11.8 Å². The average molecular weight is 314 g/mol. The zero-order valence-electron chi connectivity index (χ0n) is 11.9. The van der Waals surface area contributed by atoms with E-state index in [0.717, 1.165) is 5.56 Å². The summed E-state index contributed by atoms with van der Waals surface area (Å²) in [5.41, 5.74) is 13.4. The highest BCUT2D eigenvalue weighted by atomic mass is 32.2. The van der Waals surface area contributed by atoms with Gasteiger partial charge in [-0.25, -0.2) is 15.0 Å². The third-order valence-electron chi connectivity index (χ3n) is 3.03. The van der Waals surface area contributed by atoms with Crippen molar-refractivity contribution in [3.05, 3.63) is 52.1 Å². The predicted molar refractivity (Wildman–Crippen MR) is 86.6 cm³/mol. The second kappa shape index (κ2) is 5.64. The number of rotatable bonds is 3. The van der Waals surface area contributed by atoms with Crippen molar-refractivity contribution >= 4 is 29.0 Å². The Kier molecular flexibility index (Phi) is 3.68. The maximum absolute atomic E-state index is 12.1. The Bertz CT molecular complexity index is 887. The van der Waals surface area contributed by atoms with Crippen LogP contribution in [0.25, 0.3) is 5.65 Å². The Morgan fingerprint density at radius 1 is 1.18 bits per heavy atom. The first-order valence-corrected chi connectivity index (χ1v) is 7.52. The van der Waals surface area contributed by atoms with Gasteiger partial charge in [0, 0.05) is 24.1 Å². The zero-order chi connectivity index (χ0) is 15.7. The minimum Gasteiger partial charge on any atom is -0.383 e. The Morgan fingerprint density at radius 2 is 1.91 bits per heavy atom. The molecule has 3 aromatic heterocycles. The number of hydrogen-bond acceptors (Lipinski definition) is 7. The fourth-order valence-corrected chi connectivity index (χ4v) is 2.81. The second-order valence-electron chi connectivity index (χ2n) is 4.76. The third kappa shape index (κ3) is 2.86. The first kappa shape index (κ1) is 14.3. The van der Waals surface area contributed by atoms with Gasteiger partial charge >= 0.3 is 0 Å². The Morgan fingerprint density at radius 3 is 2.64 bits per heavy atom. The summed E-state index contributed by atoms with van der Waals surface area (Å²) in [4.78, 5) is 24.8. The predicted octanol–water partition coefficient (Wildman–Crippen LogP) is 1.25. The molecule has 0 fully saturated rings. The van der Waals surface area contributed by atoms with E-state index in [4.69, 9.17) is 11.5 Å². The second-order valence-corrected chi connectivity index (χ2v) is 5.70. The number of pyridine rings is 1. The lowest BCUT2D eigenvalue weighted by molar-refractivity contribution is 0.974. The molecule has 3 rings (SSSR count). The molecule has 0 aliphatic carbocycles. The van der Waals surface area contributed by atoms with Crippen LogP contribution in [-0.2, 0) is 5.75 Å². The van der Waals surface area contributed by atoms with Crippen LogP contribution in [0.15, 0.2) is 40.4 Å². The zero-order valence-corrected chi connectivity index (χ0v) is 12.7. The normalized spacial score (nSPS) is 11.0. The standard InChI is InChI=1S/C14H14N6OS/c1-8-3-2-4-20-12(21)5-9(17-13(8)20)7-22-14-18-10(15)6-11(16)19-14/h2-6H,7H2,1H3,(H4,15,16,18,19). The molecule has 0 unspecified atom stereocenters. The van der Waals surface area contributed by atoms with Crippen molar-refractivity contribution in [1.82, 2.24) is 19.4 Å². The van der Waals surface area contributed by atoms with Gasteiger partial charge in [-0.2, -0.15) is 0 Å². The van der Waals surface area contributed by atoms with Crippen LogP contribution in [0.3, 0.4) is 0 Å². The minimum absolute atomic E-state index is 0.114. The van der Waals surface area contributed by atoms with Gasteiger partial charge in [0.1, 0.15) is 17.3 Å². The Hall–Kier alpha value is -2.61. The molecule has 0 aromatic carbocycles.